The van der Waals surface area contributed by atoms with Crippen molar-refractivity contribution in [1.29, 1.82) is 0 Å². The first-order chi connectivity index (χ1) is 15.6. The van der Waals surface area contributed by atoms with Crippen LogP contribution in [0.3, 0.4) is 0 Å². The van der Waals surface area contributed by atoms with Crippen molar-refractivity contribution in [2.75, 3.05) is 5.32 Å². The van der Waals surface area contributed by atoms with Gasteiger partial charge in [0.05, 0.1) is 19.0 Å². The topological polar surface area (TPSA) is 58.6 Å². The van der Waals surface area contributed by atoms with Gasteiger partial charge in [-0.2, -0.15) is 0 Å². The van der Waals surface area contributed by atoms with E-state index in [0.717, 1.165) is 35.4 Å². The molecule has 0 saturated carbocycles. The number of thiophene rings is 1. The maximum atomic E-state index is 13.3. The standard InChI is InChI=1S/C26H26N2O3S/c1-17-26(30)28(23-10-4-7-18-6-2-3-9-22(18)23)16-19-14-20(11-12-24(19)31-17)27-25(29)15-21-8-5-13-32-21/h2-3,5-6,8-9,11-14,17,23H,4,7,10,15-16H2,1H3,(H,27,29)/t17-,23+/m0/s1. The number of amides is 2. The lowest BCUT2D eigenvalue weighted by Gasteiger charge is -2.35. The van der Waals surface area contributed by atoms with Gasteiger partial charge >= 0.3 is 0 Å². The summed E-state index contributed by atoms with van der Waals surface area (Å²) in [7, 11) is 0. The van der Waals surface area contributed by atoms with Gasteiger partial charge in [0, 0.05) is 16.1 Å². The van der Waals surface area contributed by atoms with Crippen LogP contribution in [0.5, 0.6) is 5.75 Å². The van der Waals surface area contributed by atoms with E-state index in [2.05, 4.69) is 29.6 Å². The minimum absolute atomic E-state index is 0.00573. The molecule has 2 aliphatic rings. The molecular weight excluding hydrogens is 420 g/mol. The van der Waals surface area contributed by atoms with Crippen LogP contribution in [0.1, 0.15) is 47.4 Å². The van der Waals surface area contributed by atoms with Crippen LogP contribution < -0.4 is 10.1 Å². The number of hydrogen-bond acceptors (Lipinski definition) is 4. The lowest BCUT2D eigenvalue weighted by atomic mass is 9.86. The Morgan fingerprint density at radius 2 is 2.03 bits per heavy atom. The van der Waals surface area contributed by atoms with Crippen LogP contribution in [-0.4, -0.2) is 22.8 Å². The Bertz CT molecular complexity index is 1140. The number of aryl methyl sites for hydroxylation is 1. The van der Waals surface area contributed by atoms with Gasteiger partial charge in [-0.05, 0) is 67.0 Å². The minimum Gasteiger partial charge on any atom is -0.481 e. The van der Waals surface area contributed by atoms with Crippen molar-refractivity contribution < 1.29 is 14.3 Å². The van der Waals surface area contributed by atoms with Crippen LogP contribution in [0.4, 0.5) is 5.69 Å². The van der Waals surface area contributed by atoms with Gasteiger partial charge in [0.1, 0.15) is 5.75 Å². The molecule has 0 bridgehead atoms. The van der Waals surface area contributed by atoms with Crippen LogP contribution in [0.2, 0.25) is 0 Å². The number of nitrogens with zero attached hydrogens (tertiary/aromatic N) is 1. The number of rotatable bonds is 4. The molecule has 1 N–H and O–H groups in total. The van der Waals surface area contributed by atoms with E-state index in [-0.39, 0.29) is 17.9 Å². The van der Waals surface area contributed by atoms with E-state index in [4.69, 9.17) is 4.74 Å². The summed E-state index contributed by atoms with van der Waals surface area (Å²) in [6, 6.07) is 18.0. The Balaban J connectivity index is 1.41. The smallest absolute Gasteiger partial charge is 0.264 e. The second kappa shape index (κ2) is 8.79. The molecule has 1 aromatic heterocycles. The van der Waals surface area contributed by atoms with Crippen LogP contribution in [0.15, 0.2) is 60.0 Å². The fourth-order valence-corrected chi connectivity index (χ4v) is 5.43. The summed E-state index contributed by atoms with van der Waals surface area (Å²) in [6.45, 7) is 2.28. The second-order valence-electron chi connectivity index (χ2n) is 8.46. The zero-order chi connectivity index (χ0) is 22.1. The summed E-state index contributed by atoms with van der Waals surface area (Å²) < 4.78 is 6.02. The molecule has 0 fully saturated rings. The highest BCUT2D eigenvalue weighted by Crippen LogP contribution is 2.38. The maximum absolute atomic E-state index is 13.3. The Kier molecular flexibility index (Phi) is 5.70. The molecular formula is C26H26N2O3S. The van der Waals surface area contributed by atoms with E-state index in [1.165, 1.54) is 11.1 Å². The Morgan fingerprint density at radius 3 is 2.88 bits per heavy atom. The average Bonchev–Trinajstić information content (AvgIpc) is 3.27. The average molecular weight is 447 g/mol. The van der Waals surface area contributed by atoms with Crippen molar-refractivity contribution in [3.05, 3.63) is 81.5 Å². The highest BCUT2D eigenvalue weighted by atomic mass is 32.1. The molecule has 164 valence electrons. The molecule has 5 rings (SSSR count). The van der Waals surface area contributed by atoms with E-state index >= 15 is 0 Å². The van der Waals surface area contributed by atoms with Crippen molar-refractivity contribution in [2.24, 2.45) is 0 Å². The third kappa shape index (κ3) is 4.15. The molecule has 2 heterocycles. The molecule has 2 atom stereocenters. The Labute approximate surface area is 192 Å². The fraction of sp³-hybridized carbons (Fsp3) is 0.308. The van der Waals surface area contributed by atoms with Gasteiger partial charge in [-0.3, -0.25) is 9.59 Å². The second-order valence-corrected chi connectivity index (χ2v) is 9.49. The van der Waals surface area contributed by atoms with Gasteiger partial charge in [-0.15, -0.1) is 11.3 Å². The first-order valence-electron chi connectivity index (χ1n) is 11.1. The summed E-state index contributed by atoms with van der Waals surface area (Å²) in [4.78, 5) is 28.8. The summed E-state index contributed by atoms with van der Waals surface area (Å²) in [6.07, 6.45) is 2.86. The van der Waals surface area contributed by atoms with E-state index in [0.29, 0.717) is 18.7 Å². The number of carbonyl (C=O) groups excluding carboxylic acids is 2. The molecule has 5 nitrogen and oxygen atoms in total. The van der Waals surface area contributed by atoms with E-state index < -0.39 is 6.10 Å². The molecule has 0 saturated heterocycles. The molecule has 1 aliphatic carbocycles. The SMILES string of the molecule is C[C@@H]1Oc2ccc(NC(=O)Cc3cccs3)cc2CN([C@@H]2CCCc3ccccc32)C1=O. The monoisotopic (exact) mass is 446 g/mol. The highest BCUT2D eigenvalue weighted by molar-refractivity contribution is 7.10. The number of fused-ring (bicyclic) bond motifs is 2. The molecule has 32 heavy (non-hydrogen) atoms. The van der Waals surface area contributed by atoms with Crippen LogP contribution in [0, 0.1) is 0 Å². The number of carbonyl (C=O) groups is 2. The first-order valence-corrected chi connectivity index (χ1v) is 12.0. The normalized spacial score (nSPS) is 20.0. The third-order valence-corrected chi connectivity index (χ3v) is 7.12. The molecule has 1 aliphatic heterocycles. The summed E-state index contributed by atoms with van der Waals surface area (Å²) >= 11 is 1.57. The fourth-order valence-electron chi connectivity index (χ4n) is 4.72. The molecule has 0 unspecified atom stereocenters. The van der Waals surface area contributed by atoms with Gasteiger partial charge in [-0.25, -0.2) is 0 Å². The molecule has 6 heteroatoms. The van der Waals surface area contributed by atoms with Gasteiger partial charge in [-0.1, -0.05) is 30.3 Å². The van der Waals surface area contributed by atoms with Gasteiger partial charge in [0.2, 0.25) is 5.91 Å². The largest absolute Gasteiger partial charge is 0.481 e. The molecule has 0 radical (unpaired) electrons. The lowest BCUT2D eigenvalue weighted by Crippen LogP contribution is -2.41. The zero-order valence-electron chi connectivity index (χ0n) is 18.0. The number of hydrogen-bond donors (Lipinski definition) is 1. The Hall–Kier alpha value is -3.12. The zero-order valence-corrected chi connectivity index (χ0v) is 18.9. The molecule has 2 aromatic carbocycles. The van der Waals surface area contributed by atoms with Crippen molar-refractivity contribution in [3.63, 3.8) is 0 Å². The summed E-state index contributed by atoms with van der Waals surface area (Å²) in [5, 5.41) is 4.96. The summed E-state index contributed by atoms with van der Waals surface area (Å²) in [5.74, 6) is 0.657. The van der Waals surface area contributed by atoms with Crippen LogP contribution >= 0.6 is 11.3 Å². The van der Waals surface area contributed by atoms with Crippen LogP contribution in [-0.2, 0) is 29.0 Å². The van der Waals surface area contributed by atoms with Crippen molar-refractivity contribution in [2.45, 2.75) is 51.3 Å². The first kappa shape index (κ1) is 20.8. The van der Waals surface area contributed by atoms with Gasteiger partial charge in [0.25, 0.3) is 5.91 Å². The van der Waals surface area contributed by atoms with Crippen molar-refractivity contribution >= 4 is 28.8 Å². The number of benzene rings is 2. The molecule has 0 spiro atoms. The highest BCUT2D eigenvalue weighted by Gasteiger charge is 2.35. The minimum atomic E-state index is -0.551. The predicted octanol–water partition coefficient (Wildman–Crippen LogP) is 5.12. The van der Waals surface area contributed by atoms with Crippen molar-refractivity contribution in [1.82, 2.24) is 4.90 Å². The van der Waals surface area contributed by atoms with Crippen LogP contribution in [0.25, 0.3) is 0 Å². The quantitative estimate of drug-likeness (QED) is 0.605. The van der Waals surface area contributed by atoms with Gasteiger partial charge < -0.3 is 15.0 Å². The Morgan fingerprint density at radius 1 is 1.16 bits per heavy atom. The third-order valence-electron chi connectivity index (χ3n) is 6.25. The van der Waals surface area contributed by atoms with Gasteiger partial charge in [0.15, 0.2) is 6.10 Å². The van der Waals surface area contributed by atoms with E-state index in [1.54, 1.807) is 11.3 Å². The van der Waals surface area contributed by atoms with Crippen molar-refractivity contribution in [3.8, 4) is 5.75 Å². The number of ether oxygens (including phenoxy) is 1. The van der Waals surface area contributed by atoms with E-state index in [1.807, 2.05) is 47.5 Å². The molecule has 3 aromatic rings. The predicted molar refractivity (Wildman–Crippen MR) is 126 cm³/mol. The lowest BCUT2D eigenvalue weighted by molar-refractivity contribution is -0.140. The number of anilines is 1. The van der Waals surface area contributed by atoms with E-state index in [9.17, 15) is 9.59 Å². The number of nitrogens with one attached hydrogen (secondary N) is 1. The summed E-state index contributed by atoms with van der Waals surface area (Å²) in [5.41, 5.74) is 4.20. The molecule has 2 amide bonds. The maximum Gasteiger partial charge on any atom is 0.264 e.